The first-order valence-corrected chi connectivity index (χ1v) is 10.2. The second-order valence-electron chi connectivity index (χ2n) is 5.58. The summed E-state index contributed by atoms with van der Waals surface area (Å²) >= 11 is 8.62. The van der Waals surface area contributed by atoms with E-state index in [1.54, 1.807) is 24.3 Å². The molecule has 0 spiro atoms. The van der Waals surface area contributed by atoms with E-state index in [0.717, 1.165) is 5.69 Å². The number of nitrogens with zero attached hydrogens (tertiary/aromatic N) is 5. The summed E-state index contributed by atoms with van der Waals surface area (Å²) in [6.45, 7) is 0. The molecular formula is C18H13ClN6OS2. The molecule has 0 aliphatic rings. The first-order chi connectivity index (χ1) is 13.7. The van der Waals surface area contributed by atoms with Gasteiger partial charge in [-0.1, -0.05) is 71.1 Å². The Kier molecular flexibility index (Phi) is 5.65. The second kappa shape index (κ2) is 8.51. The number of thioether (sulfide) groups is 1. The highest BCUT2D eigenvalue weighted by Gasteiger charge is 2.25. The summed E-state index contributed by atoms with van der Waals surface area (Å²) in [6, 6.07) is 16.4. The number of anilines is 2. The zero-order valence-corrected chi connectivity index (χ0v) is 16.7. The third kappa shape index (κ3) is 4.38. The SMILES string of the molecule is O=C(c1ccccc1)C(Sc1nnc(Nc2cccc(Cl)c2)s1)n1cncn1. The predicted octanol–water partition coefficient (Wildman–Crippen LogP) is 4.70. The molecule has 0 aliphatic heterocycles. The number of rotatable bonds is 7. The summed E-state index contributed by atoms with van der Waals surface area (Å²) in [7, 11) is 0. The third-order valence-corrected chi connectivity index (χ3v) is 6.00. The summed E-state index contributed by atoms with van der Waals surface area (Å²) in [4.78, 5) is 17.0. The Balaban J connectivity index is 1.54. The fraction of sp³-hybridized carbons (Fsp3) is 0.0556. The van der Waals surface area contributed by atoms with Crippen LogP contribution in [0, 0.1) is 0 Å². The van der Waals surface area contributed by atoms with Crippen LogP contribution < -0.4 is 5.32 Å². The number of ketones is 1. The van der Waals surface area contributed by atoms with Gasteiger partial charge in [-0.25, -0.2) is 9.67 Å². The summed E-state index contributed by atoms with van der Waals surface area (Å²) < 4.78 is 2.15. The van der Waals surface area contributed by atoms with Crippen LogP contribution >= 0.6 is 34.7 Å². The highest BCUT2D eigenvalue weighted by molar-refractivity contribution is 8.01. The molecule has 0 bridgehead atoms. The van der Waals surface area contributed by atoms with Gasteiger partial charge in [-0.2, -0.15) is 5.10 Å². The Morgan fingerprint density at radius 1 is 1.14 bits per heavy atom. The molecule has 0 amide bonds. The Bertz CT molecular complexity index is 1070. The number of aromatic nitrogens is 5. The molecule has 140 valence electrons. The number of carbonyl (C=O) groups is 1. The van der Waals surface area contributed by atoms with Crippen molar-refractivity contribution in [2.24, 2.45) is 0 Å². The molecule has 10 heteroatoms. The third-order valence-electron chi connectivity index (χ3n) is 3.65. The van der Waals surface area contributed by atoms with Gasteiger partial charge in [0.2, 0.25) is 5.13 Å². The van der Waals surface area contributed by atoms with Crippen molar-refractivity contribution in [2.45, 2.75) is 9.71 Å². The minimum Gasteiger partial charge on any atom is -0.330 e. The van der Waals surface area contributed by atoms with E-state index in [1.165, 1.54) is 40.4 Å². The molecule has 0 aliphatic carbocycles. The van der Waals surface area contributed by atoms with Gasteiger partial charge in [0.05, 0.1) is 0 Å². The van der Waals surface area contributed by atoms with E-state index >= 15 is 0 Å². The lowest BCUT2D eigenvalue weighted by Gasteiger charge is -2.13. The molecule has 4 aromatic rings. The predicted molar refractivity (Wildman–Crippen MR) is 110 cm³/mol. The fourth-order valence-corrected chi connectivity index (χ4v) is 4.53. The van der Waals surface area contributed by atoms with Crippen LogP contribution in [0.3, 0.4) is 0 Å². The Morgan fingerprint density at radius 3 is 2.75 bits per heavy atom. The van der Waals surface area contributed by atoms with Crippen LogP contribution in [0.25, 0.3) is 0 Å². The van der Waals surface area contributed by atoms with E-state index in [-0.39, 0.29) is 5.78 Å². The molecule has 0 saturated heterocycles. The van der Waals surface area contributed by atoms with Crippen molar-refractivity contribution in [3.8, 4) is 0 Å². The van der Waals surface area contributed by atoms with Crippen molar-refractivity contribution in [3.05, 3.63) is 77.8 Å². The maximum atomic E-state index is 13.0. The maximum absolute atomic E-state index is 13.0. The molecule has 2 heterocycles. The van der Waals surface area contributed by atoms with Crippen LogP contribution in [0.2, 0.25) is 5.02 Å². The molecule has 7 nitrogen and oxygen atoms in total. The lowest BCUT2D eigenvalue weighted by atomic mass is 10.1. The van der Waals surface area contributed by atoms with Crippen molar-refractivity contribution in [3.63, 3.8) is 0 Å². The average Bonchev–Trinajstić information content (AvgIpc) is 3.38. The molecule has 1 atom stereocenters. The normalized spacial score (nSPS) is 11.9. The van der Waals surface area contributed by atoms with Crippen molar-refractivity contribution < 1.29 is 4.79 Å². The van der Waals surface area contributed by atoms with Crippen LogP contribution in [0.1, 0.15) is 15.7 Å². The molecule has 1 unspecified atom stereocenters. The lowest BCUT2D eigenvalue weighted by Crippen LogP contribution is -2.17. The highest BCUT2D eigenvalue weighted by Crippen LogP contribution is 2.36. The molecule has 1 N–H and O–H groups in total. The molecule has 4 rings (SSSR count). The number of carbonyl (C=O) groups excluding carboxylic acids is 1. The Morgan fingerprint density at radius 2 is 2.00 bits per heavy atom. The summed E-state index contributed by atoms with van der Waals surface area (Å²) in [5.74, 6) is -0.0874. The Hall–Kier alpha value is -2.75. The number of hydrogen-bond donors (Lipinski definition) is 1. The van der Waals surface area contributed by atoms with Crippen molar-refractivity contribution in [1.29, 1.82) is 0 Å². The molecule has 2 aromatic heterocycles. The monoisotopic (exact) mass is 428 g/mol. The number of benzene rings is 2. The average molecular weight is 429 g/mol. The topological polar surface area (TPSA) is 85.6 Å². The number of hydrogen-bond acceptors (Lipinski definition) is 8. The van der Waals surface area contributed by atoms with E-state index in [4.69, 9.17) is 11.6 Å². The van der Waals surface area contributed by atoms with Gasteiger partial charge in [0.1, 0.15) is 12.7 Å². The first kappa shape index (κ1) is 18.6. The molecular weight excluding hydrogens is 416 g/mol. The van der Waals surface area contributed by atoms with Gasteiger partial charge in [-0.15, -0.1) is 10.2 Å². The smallest absolute Gasteiger partial charge is 0.210 e. The summed E-state index contributed by atoms with van der Waals surface area (Å²) in [5, 5.41) is 16.2. The van der Waals surface area contributed by atoms with Gasteiger partial charge >= 0.3 is 0 Å². The van der Waals surface area contributed by atoms with E-state index in [1.807, 2.05) is 30.3 Å². The number of halogens is 1. The summed E-state index contributed by atoms with van der Waals surface area (Å²) in [6.07, 6.45) is 2.92. The van der Waals surface area contributed by atoms with E-state index in [2.05, 4.69) is 25.6 Å². The van der Waals surface area contributed by atoms with Crippen LogP contribution in [0.15, 0.2) is 71.6 Å². The quantitative estimate of drug-likeness (QED) is 0.337. The van der Waals surface area contributed by atoms with Gasteiger partial charge in [-0.3, -0.25) is 4.79 Å². The van der Waals surface area contributed by atoms with Crippen LogP contribution in [0.5, 0.6) is 0 Å². The second-order valence-corrected chi connectivity index (χ2v) is 8.33. The van der Waals surface area contributed by atoms with Gasteiger partial charge in [0.25, 0.3) is 0 Å². The van der Waals surface area contributed by atoms with Crippen molar-refractivity contribution in [2.75, 3.05) is 5.32 Å². The van der Waals surface area contributed by atoms with Gasteiger partial charge < -0.3 is 5.32 Å². The minimum atomic E-state index is -0.628. The molecule has 0 radical (unpaired) electrons. The van der Waals surface area contributed by atoms with Crippen LogP contribution in [0.4, 0.5) is 10.8 Å². The minimum absolute atomic E-state index is 0.0874. The van der Waals surface area contributed by atoms with Crippen LogP contribution in [-0.2, 0) is 0 Å². The number of nitrogens with one attached hydrogen (secondary N) is 1. The molecule has 0 fully saturated rings. The number of Topliss-reactive ketones (excluding diaryl/α,β-unsaturated/α-hetero) is 1. The van der Waals surface area contributed by atoms with Crippen molar-refractivity contribution in [1.82, 2.24) is 25.0 Å². The summed E-state index contributed by atoms with van der Waals surface area (Å²) in [5.41, 5.74) is 1.41. The molecule has 0 saturated carbocycles. The highest BCUT2D eigenvalue weighted by atomic mass is 35.5. The largest absolute Gasteiger partial charge is 0.330 e. The van der Waals surface area contributed by atoms with Gasteiger partial charge in [0.15, 0.2) is 15.5 Å². The fourth-order valence-electron chi connectivity index (χ4n) is 2.40. The lowest BCUT2D eigenvalue weighted by molar-refractivity contribution is 0.0962. The van der Waals surface area contributed by atoms with Gasteiger partial charge in [-0.05, 0) is 18.2 Å². The van der Waals surface area contributed by atoms with Crippen molar-refractivity contribution >= 4 is 51.3 Å². The maximum Gasteiger partial charge on any atom is 0.210 e. The Labute approximate surface area is 173 Å². The zero-order valence-electron chi connectivity index (χ0n) is 14.3. The van der Waals surface area contributed by atoms with Crippen LogP contribution in [-0.4, -0.2) is 30.7 Å². The zero-order chi connectivity index (χ0) is 19.3. The standard InChI is InChI=1S/C18H13ClN6OS2/c19-13-7-4-8-14(9-13)22-17-23-24-18(28-17)27-16(25-11-20-10-21-25)15(26)12-5-2-1-3-6-12/h1-11,16H,(H,22,23). The van der Waals surface area contributed by atoms with E-state index < -0.39 is 5.37 Å². The van der Waals surface area contributed by atoms with E-state index in [0.29, 0.717) is 20.1 Å². The molecule has 28 heavy (non-hydrogen) atoms. The van der Waals surface area contributed by atoms with E-state index in [9.17, 15) is 4.79 Å². The first-order valence-electron chi connectivity index (χ1n) is 8.15. The molecule has 2 aromatic carbocycles. The van der Waals surface area contributed by atoms with Gasteiger partial charge in [0, 0.05) is 16.3 Å².